The number of aliphatic hydroxyl groups excluding tert-OH is 5. The molecule has 1 heterocycles. The molecule has 1 saturated heterocycles. The van der Waals surface area contributed by atoms with Crippen LogP contribution in [0, 0.1) is 0 Å². The van der Waals surface area contributed by atoms with Gasteiger partial charge >= 0.3 is 0 Å². The smallest absolute Gasteiger partial charge is 0.220 e. The highest BCUT2D eigenvalue weighted by Crippen LogP contribution is 2.23. The number of hydrogen-bond donors (Lipinski definition) is 6. The monoisotopic (exact) mass is 760 g/mol. The molecule has 0 aromatic heterocycles. The average Bonchev–Trinajstić information content (AvgIpc) is 3.17. The number of nitrogens with one attached hydrogen (secondary N) is 1. The molecule has 310 valence electrons. The minimum absolute atomic E-state index is 0.154. The number of ether oxygens (including phenoxy) is 2. The van der Waals surface area contributed by atoms with Crippen molar-refractivity contribution in [3.63, 3.8) is 0 Å². The highest BCUT2D eigenvalue weighted by molar-refractivity contribution is 5.76. The third-order valence-corrected chi connectivity index (χ3v) is 9.57. The molecular weight excluding hydrogens is 682 g/mol. The molecule has 1 rings (SSSR count). The highest BCUT2D eigenvalue weighted by Gasteiger charge is 2.44. The van der Waals surface area contributed by atoms with Crippen molar-refractivity contribution in [1.29, 1.82) is 0 Å². The summed E-state index contributed by atoms with van der Waals surface area (Å²) in [5.41, 5.74) is 0. The van der Waals surface area contributed by atoms with Gasteiger partial charge in [-0.15, -0.1) is 0 Å². The third kappa shape index (κ3) is 25.7. The van der Waals surface area contributed by atoms with Gasteiger partial charge in [-0.3, -0.25) is 4.79 Å². The lowest BCUT2D eigenvalue weighted by Crippen LogP contribution is -2.60. The lowest BCUT2D eigenvalue weighted by molar-refractivity contribution is -0.302. The van der Waals surface area contributed by atoms with Crippen LogP contribution in [0.2, 0.25) is 0 Å². The fourth-order valence-corrected chi connectivity index (χ4v) is 6.16. The number of carbonyl (C=O) groups is 1. The summed E-state index contributed by atoms with van der Waals surface area (Å²) in [6.07, 6.45) is 39.2. The van der Waals surface area contributed by atoms with E-state index in [2.05, 4.69) is 92.1 Å². The number of unbranched alkanes of at least 4 members (excludes halogenated alkanes) is 11. The molecule has 7 atom stereocenters. The number of aliphatic hydroxyl groups is 5. The van der Waals surface area contributed by atoms with Gasteiger partial charge in [0.25, 0.3) is 0 Å². The lowest BCUT2D eigenvalue weighted by Gasteiger charge is -2.40. The molecule has 54 heavy (non-hydrogen) atoms. The highest BCUT2D eigenvalue weighted by atomic mass is 16.7. The van der Waals surface area contributed by atoms with Crippen molar-refractivity contribution in [2.45, 2.75) is 192 Å². The van der Waals surface area contributed by atoms with Crippen LogP contribution in [0.15, 0.2) is 72.9 Å². The van der Waals surface area contributed by atoms with Crippen LogP contribution in [0.1, 0.15) is 149 Å². The number of rotatable bonds is 33. The Morgan fingerprint density at radius 3 is 1.70 bits per heavy atom. The molecule has 1 fully saturated rings. The zero-order chi connectivity index (χ0) is 39.5. The van der Waals surface area contributed by atoms with Crippen LogP contribution < -0.4 is 5.32 Å². The predicted molar refractivity (Wildman–Crippen MR) is 221 cm³/mol. The van der Waals surface area contributed by atoms with Crippen molar-refractivity contribution in [3.8, 4) is 0 Å². The normalized spacial score (nSPS) is 22.2. The molecule has 7 unspecified atom stereocenters. The van der Waals surface area contributed by atoms with E-state index in [1.54, 1.807) is 0 Å². The molecule has 0 aromatic rings. The van der Waals surface area contributed by atoms with E-state index in [0.29, 0.717) is 12.8 Å². The van der Waals surface area contributed by atoms with Crippen molar-refractivity contribution >= 4 is 5.91 Å². The molecule has 1 aliphatic heterocycles. The van der Waals surface area contributed by atoms with E-state index in [1.807, 2.05) is 0 Å². The van der Waals surface area contributed by atoms with Gasteiger partial charge in [-0.1, -0.05) is 151 Å². The Morgan fingerprint density at radius 2 is 1.15 bits per heavy atom. The van der Waals surface area contributed by atoms with E-state index in [0.717, 1.165) is 89.9 Å². The topological polar surface area (TPSA) is 149 Å². The van der Waals surface area contributed by atoms with Gasteiger partial charge in [0, 0.05) is 6.42 Å². The Morgan fingerprint density at radius 1 is 0.648 bits per heavy atom. The maximum absolute atomic E-state index is 12.9. The van der Waals surface area contributed by atoms with Crippen LogP contribution in [-0.4, -0.2) is 87.5 Å². The minimum Gasteiger partial charge on any atom is -0.394 e. The van der Waals surface area contributed by atoms with Crippen LogP contribution in [0.5, 0.6) is 0 Å². The van der Waals surface area contributed by atoms with Gasteiger partial charge in [-0.2, -0.15) is 0 Å². The number of amides is 1. The maximum atomic E-state index is 12.9. The third-order valence-electron chi connectivity index (χ3n) is 9.57. The minimum atomic E-state index is -1.56. The summed E-state index contributed by atoms with van der Waals surface area (Å²) in [5.74, 6) is -0.177. The van der Waals surface area contributed by atoms with Gasteiger partial charge < -0.3 is 40.3 Å². The molecule has 0 spiro atoms. The number of allylic oxidation sites excluding steroid dienone is 12. The molecule has 1 aliphatic rings. The summed E-state index contributed by atoms with van der Waals surface area (Å²) in [7, 11) is 0. The largest absolute Gasteiger partial charge is 0.394 e. The molecule has 9 nitrogen and oxygen atoms in total. The summed E-state index contributed by atoms with van der Waals surface area (Å²) in [4.78, 5) is 12.9. The molecule has 0 bridgehead atoms. The Kier molecular flexibility index (Phi) is 32.2. The second-order valence-corrected chi connectivity index (χ2v) is 14.4. The van der Waals surface area contributed by atoms with Gasteiger partial charge in [0.05, 0.1) is 25.4 Å². The van der Waals surface area contributed by atoms with Gasteiger partial charge in [0.15, 0.2) is 6.29 Å². The van der Waals surface area contributed by atoms with E-state index in [9.17, 15) is 30.3 Å². The zero-order valence-electron chi connectivity index (χ0n) is 33.7. The summed E-state index contributed by atoms with van der Waals surface area (Å²) in [6.45, 7) is 3.63. The first-order chi connectivity index (χ1) is 26.3. The average molecular weight is 760 g/mol. The molecule has 6 N–H and O–H groups in total. The van der Waals surface area contributed by atoms with E-state index in [4.69, 9.17) is 9.47 Å². The van der Waals surface area contributed by atoms with E-state index in [-0.39, 0.29) is 12.5 Å². The second-order valence-electron chi connectivity index (χ2n) is 14.4. The Hall–Kier alpha value is -2.37. The molecule has 0 aromatic carbocycles. The first-order valence-corrected chi connectivity index (χ1v) is 21.1. The Labute approximate surface area is 328 Å². The molecular formula is C45H77NO8. The van der Waals surface area contributed by atoms with Gasteiger partial charge in [0.1, 0.15) is 24.4 Å². The van der Waals surface area contributed by atoms with Crippen molar-refractivity contribution in [2.75, 3.05) is 13.2 Å². The van der Waals surface area contributed by atoms with E-state index >= 15 is 0 Å². The maximum Gasteiger partial charge on any atom is 0.220 e. The van der Waals surface area contributed by atoms with Crippen LogP contribution in [0.25, 0.3) is 0 Å². The molecule has 0 radical (unpaired) electrons. The van der Waals surface area contributed by atoms with Crippen LogP contribution >= 0.6 is 0 Å². The van der Waals surface area contributed by atoms with Gasteiger partial charge in [-0.25, -0.2) is 0 Å². The molecule has 9 heteroatoms. The van der Waals surface area contributed by atoms with Crippen LogP contribution in [0.3, 0.4) is 0 Å². The van der Waals surface area contributed by atoms with E-state index in [1.165, 1.54) is 32.1 Å². The SMILES string of the molecule is CC/C=C\C/C=C\C/C=C\C/C=C\C/C=C\C/C=C\CCCCCCC(=O)NC(COC1OC(CO)C(O)C(O)C1O)C(O)CCCCCCCCCC. The number of hydrogen-bond acceptors (Lipinski definition) is 8. The molecule has 0 saturated carbocycles. The second kappa shape index (κ2) is 35.1. The van der Waals surface area contributed by atoms with Crippen LogP contribution in [0.4, 0.5) is 0 Å². The fourth-order valence-electron chi connectivity index (χ4n) is 6.16. The quantitative estimate of drug-likeness (QED) is 0.0290. The Balaban J connectivity index is 2.32. The van der Waals surface area contributed by atoms with Crippen molar-refractivity contribution < 1.29 is 39.8 Å². The predicted octanol–water partition coefficient (Wildman–Crippen LogP) is 8.22. The summed E-state index contributed by atoms with van der Waals surface area (Å²) in [6, 6.07) is -0.734. The first-order valence-electron chi connectivity index (χ1n) is 21.1. The summed E-state index contributed by atoms with van der Waals surface area (Å²) >= 11 is 0. The van der Waals surface area contributed by atoms with Crippen LogP contribution in [-0.2, 0) is 14.3 Å². The van der Waals surface area contributed by atoms with E-state index < -0.39 is 49.5 Å². The zero-order valence-corrected chi connectivity index (χ0v) is 33.7. The Bertz CT molecular complexity index is 1070. The lowest BCUT2D eigenvalue weighted by atomic mass is 9.99. The summed E-state index contributed by atoms with van der Waals surface area (Å²) in [5, 5.41) is 54.0. The summed E-state index contributed by atoms with van der Waals surface area (Å²) < 4.78 is 11.2. The van der Waals surface area contributed by atoms with Crippen molar-refractivity contribution in [3.05, 3.63) is 72.9 Å². The van der Waals surface area contributed by atoms with Gasteiger partial charge in [0.2, 0.25) is 5.91 Å². The van der Waals surface area contributed by atoms with Crippen molar-refractivity contribution in [1.82, 2.24) is 5.32 Å². The first kappa shape index (κ1) is 49.6. The fraction of sp³-hybridized carbons (Fsp3) is 0.711. The number of carbonyl (C=O) groups excluding carboxylic acids is 1. The van der Waals surface area contributed by atoms with Gasteiger partial charge in [-0.05, 0) is 64.2 Å². The molecule has 1 amide bonds. The van der Waals surface area contributed by atoms with Crippen molar-refractivity contribution in [2.24, 2.45) is 0 Å². The standard InChI is InChI=1S/C45H77NO8/c1-3-5-7-9-11-13-14-15-16-17-18-19-20-21-22-23-24-25-26-27-29-31-33-35-41(49)46-38(39(48)34-32-30-28-12-10-8-6-4-2)37-53-45-44(52)43(51)42(50)40(36-47)54-45/h5,7,11,13,15-16,18-19,21-22,24-25,38-40,42-45,47-48,50-52H,3-4,6,8-10,12,14,17,20,23,26-37H2,1-2H3,(H,46,49)/b7-5-,13-11-,16-15-,19-18-,22-21-,25-24-. The molecule has 0 aliphatic carbocycles.